The molecule has 0 saturated heterocycles. The summed E-state index contributed by atoms with van der Waals surface area (Å²) in [6.45, 7) is 13.1. The largest absolute Gasteiger partial charge is 0.381 e. The van der Waals surface area contributed by atoms with Crippen LogP contribution in [0.2, 0.25) is 0 Å². The maximum Gasteiger partial charge on any atom is 0.167 e. The van der Waals surface area contributed by atoms with Crippen molar-refractivity contribution in [3.8, 4) is 0 Å². The minimum atomic E-state index is -0.895. The maximum absolute atomic E-state index is 13.9. The van der Waals surface area contributed by atoms with Crippen LogP contribution in [0.15, 0.2) is 12.7 Å². The standard InChI is InChI=1S/C24H40O5/c1-8-13-29-22(4)14-19(28-15-26-6)23(5)16(2)9-11-24(17(3)21(22)25)12-10-18(27-7)20(23)24/h8,16-20H,1,9-15H2,2-7H3/t16-,17+,18-,19-,20?,22-,23+,24?/m1/s1. The van der Waals surface area contributed by atoms with Gasteiger partial charge in [-0.1, -0.05) is 26.8 Å². The van der Waals surface area contributed by atoms with Gasteiger partial charge in [-0.2, -0.15) is 0 Å². The molecule has 3 fully saturated rings. The van der Waals surface area contributed by atoms with Crippen LogP contribution in [-0.4, -0.2) is 51.2 Å². The van der Waals surface area contributed by atoms with Gasteiger partial charge in [0, 0.05) is 32.0 Å². The lowest BCUT2D eigenvalue weighted by Gasteiger charge is -2.62. The molecule has 0 aliphatic heterocycles. The van der Waals surface area contributed by atoms with Crippen molar-refractivity contribution in [3.05, 3.63) is 12.7 Å². The van der Waals surface area contributed by atoms with Crippen LogP contribution in [0.3, 0.4) is 0 Å². The van der Waals surface area contributed by atoms with Crippen molar-refractivity contribution in [1.82, 2.24) is 0 Å². The Labute approximate surface area is 176 Å². The van der Waals surface area contributed by atoms with E-state index in [0.29, 0.717) is 18.9 Å². The van der Waals surface area contributed by atoms with E-state index >= 15 is 0 Å². The number of hydrogen-bond acceptors (Lipinski definition) is 5. The van der Waals surface area contributed by atoms with Gasteiger partial charge in [0.2, 0.25) is 0 Å². The van der Waals surface area contributed by atoms with E-state index in [-0.39, 0.29) is 47.4 Å². The highest BCUT2D eigenvalue weighted by Gasteiger charge is 2.68. The van der Waals surface area contributed by atoms with Crippen molar-refractivity contribution in [2.75, 3.05) is 27.6 Å². The molecule has 2 bridgehead atoms. The van der Waals surface area contributed by atoms with E-state index in [4.69, 9.17) is 18.9 Å². The summed E-state index contributed by atoms with van der Waals surface area (Å²) in [5.41, 5.74) is -1.08. The van der Waals surface area contributed by atoms with Crippen LogP contribution in [-0.2, 0) is 23.7 Å². The summed E-state index contributed by atoms with van der Waals surface area (Å²) in [5, 5.41) is 0. The molecule has 3 rings (SSSR count). The molecule has 0 heterocycles. The number of ether oxygens (including phenoxy) is 4. The minimum Gasteiger partial charge on any atom is -0.381 e. The molecule has 3 saturated carbocycles. The molecule has 3 aliphatic carbocycles. The number of rotatable bonds is 7. The molecule has 8 atom stereocenters. The molecular formula is C24H40O5. The van der Waals surface area contributed by atoms with Crippen molar-refractivity contribution in [2.24, 2.45) is 28.6 Å². The zero-order valence-corrected chi connectivity index (χ0v) is 19.2. The zero-order chi connectivity index (χ0) is 21.4. The van der Waals surface area contributed by atoms with Gasteiger partial charge in [0.25, 0.3) is 0 Å². The average Bonchev–Trinajstić information content (AvgIpc) is 3.11. The molecule has 3 aliphatic rings. The summed E-state index contributed by atoms with van der Waals surface area (Å²) in [6, 6.07) is 0. The first kappa shape index (κ1) is 22.9. The van der Waals surface area contributed by atoms with Crippen LogP contribution in [0.1, 0.15) is 59.8 Å². The maximum atomic E-state index is 13.9. The Kier molecular flexibility index (Phi) is 6.65. The van der Waals surface area contributed by atoms with Gasteiger partial charge in [-0.25, -0.2) is 0 Å². The second-order valence-electron chi connectivity index (χ2n) is 10.0. The van der Waals surface area contributed by atoms with Gasteiger partial charge in [0.15, 0.2) is 5.78 Å². The van der Waals surface area contributed by atoms with E-state index in [9.17, 15) is 4.79 Å². The minimum absolute atomic E-state index is 0.0626. The van der Waals surface area contributed by atoms with Crippen molar-refractivity contribution in [3.63, 3.8) is 0 Å². The third-order valence-corrected chi connectivity index (χ3v) is 8.92. The second-order valence-corrected chi connectivity index (χ2v) is 10.0. The number of Topliss-reactive ketones (excluding diaryl/α,β-unsaturated/α-hetero) is 1. The van der Waals surface area contributed by atoms with E-state index in [0.717, 1.165) is 25.7 Å². The van der Waals surface area contributed by atoms with Crippen LogP contribution in [0.25, 0.3) is 0 Å². The number of methoxy groups -OCH3 is 2. The Morgan fingerprint density at radius 1 is 1.17 bits per heavy atom. The molecule has 0 N–H and O–H groups in total. The highest BCUT2D eigenvalue weighted by molar-refractivity contribution is 5.90. The highest BCUT2D eigenvalue weighted by Crippen LogP contribution is 2.68. The predicted octanol–water partition coefficient (Wildman–Crippen LogP) is 4.39. The Hall–Kier alpha value is -0.750. The first-order chi connectivity index (χ1) is 13.7. The van der Waals surface area contributed by atoms with Gasteiger partial charge in [-0.3, -0.25) is 4.79 Å². The van der Waals surface area contributed by atoms with Crippen LogP contribution in [0.4, 0.5) is 0 Å². The Balaban J connectivity index is 2.16. The molecule has 0 spiro atoms. The molecule has 0 aromatic rings. The van der Waals surface area contributed by atoms with Gasteiger partial charge in [0.05, 0.1) is 18.8 Å². The number of ketones is 1. The highest BCUT2D eigenvalue weighted by atomic mass is 16.7. The van der Waals surface area contributed by atoms with Crippen molar-refractivity contribution in [1.29, 1.82) is 0 Å². The number of hydrogen-bond donors (Lipinski definition) is 0. The fourth-order valence-corrected chi connectivity index (χ4v) is 7.14. The first-order valence-electron chi connectivity index (χ1n) is 11.1. The molecule has 0 radical (unpaired) electrons. The molecule has 5 heteroatoms. The summed E-state index contributed by atoms with van der Waals surface area (Å²) in [5.74, 6) is 0.872. The van der Waals surface area contributed by atoms with E-state index in [1.807, 2.05) is 14.0 Å². The summed E-state index contributed by atoms with van der Waals surface area (Å²) in [6.07, 6.45) is 6.46. The molecule has 29 heavy (non-hydrogen) atoms. The molecule has 5 nitrogen and oxygen atoms in total. The van der Waals surface area contributed by atoms with E-state index in [1.54, 1.807) is 13.2 Å². The van der Waals surface area contributed by atoms with Crippen molar-refractivity contribution < 1.29 is 23.7 Å². The molecule has 166 valence electrons. The second kappa shape index (κ2) is 8.41. The van der Waals surface area contributed by atoms with Gasteiger partial charge < -0.3 is 18.9 Å². The molecule has 0 aromatic carbocycles. The first-order valence-corrected chi connectivity index (χ1v) is 11.1. The quantitative estimate of drug-likeness (QED) is 0.462. The Bertz CT molecular complexity index is 620. The van der Waals surface area contributed by atoms with Crippen molar-refractivity contribution >= 4 is 5.78 Å². The number of carbonyl (C=O) groups is 1. The average molecular weight is 409 g/mol. The SMILES string of the molecule is C=CCO[C@]1(C)C[C@@H](OCOC)[C@@]2(C)C3[C@H](OC)CCC3(CC[C@H]2C)[C@@H](C)C1=O. The lowest BCUT2D eigenvalue weighted by molar-refractivity contribution is -0.229. The van der Waals surface area contributed by atoms with Gasteiger partial charge in [-0.15, -0.1) is 6.58 Å². The third-order valence-electron chi connectivity index (χ3n) is 8.92. The number of carbonyl (C=O) groups excluding carboxylic acids is 1. The summed E-state index contributed by atoms with van der Waals surface area (Å²) >= 11 is 0. The van der Waals surface area contributed by atoms with E-state index in [2.05, 4.69) is 27.4 Å². The zero-order valence-electron chi connectivity index (χ0n) is 19.2. The van der Waals surface area contributed by atoms with Gasteiger partial charge >= 0.3 is 0 Å². The van der Waals surface area contributed by atoms with Crippen LogP contribution in [0, 0.1) is 28.6 Å². The third kappa shape index (κ3) is 3.42. The topological polar surface area (TPSA) is 54.0 Å². The van der Waals surface area contributed by atoms with Gasteiger partial charge in [-0.05, 0) is 49.9 Å². The predicted molar refractivity (Wildman–Crippen MR) is 113 cm³/mol. The molecular weight excluding hydrogens is 368 g/mol. The fraction of sp³-hybridized carbons (Fsp3) is 0.875. The lowest BCUT2D eigenvalue weighted by atomic mass is 9.45. The normalized spacial score (nSPS) is 47.4. The summed E-state index contributed by atoms with van der Waals surface area (Å²) in [4.78, 5) is 13.9. The fourth-order valence-electron chi connectivity index (χ4n) is 7.14. The van der Waals surface area contributed by atoms with Crippen LogP contribution >= 0.6 is 0 Å². The lowest BCUT2D eigenvalue weighted by Crippen LogP contribution is -2.64. The van der Waals surface area contributed by atoms with Gasteiger partial charge in [0.1, 0.15) is 12.4 Å². The molecule has 2 unspecified atom stereocenters. The molecule has 0 amide bonds. The van der Waals surface area contributed by atoms with Crippen LogP contribution < -0.4 is 0 Å². The smallest absolute Gasteiger partial charge is 0.167 e. The van der Waals surface area contributed by atoms with E-state index in [1.165, 1.54) is 0 Å². The summed E-state index contributed by atoms with van der Waals surface area (Å²) in [7, 11) is 3.47. The van der Waals surface area contributed by atoms with Crippen LogP contribution in [0.5, 0.6) is 0 Å². The van der Waals surface area contributed by atoms with E-state index < -0.39 is 5.60 Å². The molecule has 0 aromatic heterocycles. The van der Waals surface area contributed by atoms with Crippen molar-refractivity contribution in [2.45, 2.75) is 77.6 Å². The monoisotopic (exact) mass is 408 g/mol. The Morgan fingerprint density at radius 2 is 1.86 bits per heavy atom. The summed E-state index contributed by atoms with van der Waals surface area (Å²) < 4.78 is 23.9. The Morgan fingerprint density at radius 3 is 2.48 bits per heavy atom.